The summed E-state index contributed by atoms with van der Waals surface area (Å²) in [6, 6.07) is 0. The van der Waals surface area contributed by atoms with Gasteiger partial charge in [0, 0.05) is 13.0 Å². The van der Waals surface area contributed by atoms with Gasteiger partial charge in [0.1, 0.15) is 5.60 Å². The van der Waals surface area contributed by atoms with Crippen LogP contribution in [0.25, 0.3) is 0 Å². The minimum Gasteiger partial charge on any atom is -0.443 e. The average Bonchev–Trinajstić information content (AvgIpc) is 1.99. The second kappa shape index (κ2) is 4.21. The molecule has 0 N–H and O–H groups in total. The van der Waals surface area contributed by atoms with Crippen molar-refractivity contribution in [3.05, 3.63) is 0 Å². The van der Waals surface area contributed by atoms with Crippen molar-refractivity contribution < 1.29 is 14.3 Å². The minimum atomic E-state index is -0.541. The predicted octanol–water partition coefficient (Wildman–Crippen LogP) is 2.18. The Labute approximate surface area is 90.6 Å². The largest absolute Gasteiger partial charge is 0.443 e. The van der Waals surface area contributed by atoms with E-state index in [1.807, 2.05) is 6.92 Å². The van der Waals surface area contributed by atoms with Crippen LogP contribution in [0.5, 0.6) is 0 Å². The number of imide groups is 1. The monoisotopic (exact) mass is 213 g/mol. The number of carbonyl (C=O) groups excluding carboxylic acids is 2. The van der Waals surface area contributed by atoms with E-state index in [-0.39, 0.29) is 5.91 Å². The lowest BCUT2D eigenvalue weighted by atomic mass is 9.99. The summed E-state index contributed by atoms with van der Waals surface area (Å²) < 4.78 is 5.15. The van der Waals surface area contributed by atoms with E-state index in [4.69, 9.17) is 4.74 Å². The van der Waals surface area contributed by atoms with Gasteiger partial charge in [-0.05, 0) is 33.1 Å². The van der Waals surface area contributed by atoms with Gasteiger partial charge in [-0.1, -0.05) is 6.92 Å². The highest BCUT2D eigenvalue weighted by molar-refractivity contribution is 5.92. The molecule has 15 heavy (non-hydrogen) atoms. The number of ether oxygens (including phenoxy) is 1. The van der Waals surface area contributed by atoms with Crippen LogP contribution in [0.15, 0.2) is 0 Å². The van der Waals surface area contributed by atoms with Gasteiger partial charge in [-0.2, -0.15) is 0 Å². The van der Waals surface area contributed by atoms with Gasteiger partial charge in [0.25, 0.3) is 0 Å². The highest BCUT2D eigenvalue weighted by Crippen LogP contribution is 2.19. The van der Waals surface area contributed by atoms with Gasteiger partial charge in [0.05, 0.1) is 0 Å². The van der Waals surface area contributed by atoms with Crippen LogP contribution < -0.4 is 0 Å². The third-order valence-electron chi connectivity index (χ3n) is 2.28. The standard InChI is InChI=1S/C11H19NO3/c1-8-5-6-12(9(13)7-8)10(14)15-11(2,3)4/h8H,5-7H2,1-4H3. The molecule has 0 radical (unpaired) electrons. The first-order valence-electron chi connectivity index (χ1n) is 5.33. The lowest BCUT2D eigenvalue weighted by molar-refractivity contribution is -0.133. The average molecular weight is 213 g/mol. The van der Waals surface area contributed by atoms with Gasteiger partial charge in [-0.25, -0.2) is 9.69 Å². The Bertz CT molecular complexity index is 267. The summed E-state index contributed by atoms with van der Waals surface area (Å²) in [7, 11) is 0. The van der Waals surface area contributed by atoms with Crippen molar-refractivity contribution in [1.82, 2.24) is 4.90 Å². The van der Waals surface area contributed by atoms with Gasteiger partial charge >= 0.3 is 6.09 Å². The summed E-state index contributed by atoms with van der Waals surface area (Å²) in [4.78, 5) is 24.4. The Hall–Kier alpha value is -1.06. The summed E-state index contributed by atoms with van der Waals surface area (Å²) in [5.74, 6) is 0.249. The fourth-order valence-electron chi connectivity index (χ4n) is 1.49. The van der Waals surface area contributed by atoms with Crippen molar-refractivity contribution in [2.24, 2.45) is 5.92 Å². The summed E-state index contributed by atoms with van der Waals surface area (Å²) in [6.45, 7) is 7.88. The van der Waals surface area contributed by atoms with E-state index in [0.717, 1.165) is 6.42 Å². The number of hydrogen-bond acceptors (Lipinski definition) is 3. The van der Waals surface area contributed by atoms with Crippen LogP contribution in [0.3, 0.4) is 0 Å². The fraction of sp³-hybridized carbons (Fsp3) is 0.818. The first kappa shape index (κ1) is 12.0. The summed E-state index contributed by atoms with van der Waals surface area (Å²) in [5.41, 5.74) is -0.541. The highest BCUT2D eigenvalue weighted by atomic mass is 16.6. The Morgan fingerprint density at radius 3 is 2.53 bits per heavy atom. The molecule has 0 saturated carbocycles. The Kier molecular flexibility index (Phi) is 3.37. The minimum absolute atomic E-state index is 0.122. The molecule has 0 aromatic rings. The number of amides is 2. The van der Waals surface area contributed by atoms with E-state index < -0.39 is 11.7 Å². The second-order valence-electron chi connectivity index (χ2n) is 5.12. The van der Waals surface area contributed by atoms with Gasteiger partial charge < -0.3 is 4.74 Å². The molecule has 2 amide bonds. The molecule has 86 valence electrons. The molecule has 4 nitrogen and oxygen atoms in total. The van der Waals surface area contributed by atoms with Gasteiger partial charge in [-0.3, -0.25) is 4.79 Å². The molecule has 0 aromatic carbocycles. The molecule has 1 atom stereocenters. The van der Waals surface area contributed by atoms with Crippen molar-refractivity contribution in [3.63, 3.8) is 0 Å². The lowest BCUT2D eigenvalue weighted by Gasteiger charge is -2.30. The number of rotatable bonds is 0. The molecule has 1 heterocycles. The lowest BCUT2D eigenvalue weighted by Crippen LogP contribution is -2.44. The number of carbonyl (C=O) groups is 2. The molecular formula is C11H19NO3. The summed E-state index contributed by atoms with van der Waals surface area (Å²) in [5, 5.41) is 0. The molecule has 1 rings (SSSR count). The molecule has 1 aliphatic rings. The van der Waals surface area contributed by atoms with E-state index >= 15 is 0 Å². The molecule has 0 aromatic heterocycles. The fourth-order valence-corrected chi connectivity index (χ4v) is 1.49. The van der Waals surface area contributed by atoms with Gasteiger partial charge in [0.15, 0.2) is 0 Å². The van der Waals surface area contributed by atoms with Gasteiger partial charge in [-0.15, -0.1) is 0 Å². The first-order chi connectivity index (χ1) is 6.79. The van der Waals surface area contributed by atoms with Gasteiger partial charge in [0.2, 0.25) is 5.91 Å². The van der Waals surface area contributed by atoms with E-state index in [1.165, 1.54) is 4.90 Å². The molecule has 0 spiro atoms. The zero-order valence-corrected chi connectivity index (χ0v) is 9.87. The SMILES string of the molecule is CC1CCN(C(=O)OC(C)(C)C)C(=O)C1. The topological polar surface area (TPSA) is 46.6 Å². The van der Waals surface area contributed by atoms with Crippen molar-refractivity contribution >= 4 is 12.0 Å². The van der Waals surface area contributed by atoms with Crippen LogP contribution in [0.4, 0.5) is 4.79 Å². The normalized spacial score (nSPS) is 22.8. The van der Waals surface area contributed by atoms with Crippen LogP contribution >= 0.6 is 0 Å². The van der Waals surface area contributed by atoms with Crippen molar-refractivity contribution in [2.75, 3.05) is 6.54 Å². The van der Waals surface area contributed by atoms with Crippen LogP contribution in [0, 0.1) is 5.92 Å². The quantitative estimate of drug-likeness (QED) is 0.619. The molecule has 1 aliphatic heterocycles. The Morgan fingerprint density at radius 2 is 2.07 bits per heavy atom. The zero-order valence-electron chi connectivity index (χ0n) is 9.87. The van der Waals surface area contributed by atoms with Crippen LogP contribution in [0.2, 0.25) is 0 Å². The summed E-state index contributed by atoms with van der Waals surface area (Å²) in [6.07, 6.45) is 0.795. The summed E-state index contributed by atoms with van der Waals surface area (Å²) >= 11 is 0. The number of likely N-dealkylation sites (tertiary alicyclic amines) is 1. The number of nitrogens with zero attached hydrogens (tertiary/aromatic N) is 1. The molecule has 1 unspecified atom stereocenters. The Morgan fingerprint density at radius 1 is 1.47 bits per heavy atom. The third-order valence-corrected chi connectivity index (χ3v) is 2.28. The molecule has 1 saturated heterocycles. The second-order valence-corrected chi connectivity index (χ2v) is 5.12. The molecule has 0 bridgehead atoms. The molecule has 0 aliphatic carbocycles. The van der Waals surface area contributed by atoms with Crippen molar-refractivity contribution in [3.8, 4) is 0 Å². The molecular weight excluding hydrogens is 194 g/mol. The maximum absolute atomic E-state index is 11.6. The van der Waals surface area contributed by atoms with E-state index in [1.54, 1.807) is 20.8 Å². The maximum Gasteiger partial charge on any atom is 0.417 e. The van der Waals surface area contributed by atoms with Crippen LogP contribution in [-0.2, 0) is 9.53 Å². The van der Waals surface area contributed by atoms with E-state index in [9.17, 15) is 9.59 Å². The van der Waals surface area contributed by atoms with Crippen molar-refractivity contribution in [1.29, 1.82) is 0 Å². The first-order valence-corrected chi connectivity index (χ1v) is 5.33. The zero-order chi connectivity index (χ0) is 11.6. The van der Waals surface area contributed by atoms with Crippen LogP contribution in [-0.4, -0.2) is 29.0 Å². The Balaban J connectivity index is 2.57. The third kappa shape index (κ3) is 3.53. The number of piperidine rings is 1. The maximum atomic E-state index is 11.6. The molecule has 4 heteroatoms. The smallest absolute Gasteiger partial charge is 0.417 e. The number of hydrogen-bond donors (Lipinski definition) is 0. The van der Waals surface area contributed by atoms with Crippen molar-refractivity contribution in [2.45, 2.75) is 46.1 Å². The van der Waals surface area contributed by atoms with E-state index in [2.05, 4.69) is 0 Å². The molecule has 1 fully saturated rings. The predicted molar refractivity (Wildman–Crippen MR) is 56.3 cm³/mol. The highest BCUT2D eigenvalue weighted by Gasteiger charge is 2.31. The van der Waals surface area contributed by atoms with E-state index in [0.29, 0.717) is 18.9 Å². The van der Waals surface area contributed by atoms with Crippen LogP contribution in [0.1, 0.15) is 40.5 Å².